The minimum Gasteiger partial charge on any atom is -0.507 e. The van der Waals surface area contributed by atoms with Gasteiger partial charge in [0.25, 0.3) is 0 Å². The Morgan fingerprint density at radius 3 is 2.00 bits per heavy atom. The summed E-state index contributed by atoms with van der Waals surface area (Å²) in [5, 5.41) is 18.5. The first kappa shape index (κ1) is 23.4. The summed E-state index contributed by atoms with van der Waals surface area (Å²) in [6, 6.07) is 12.0. The second kappa shape index (κ2) is 7.65. The SMILES string of the molecule is CC1(C)CC(=O)C2=C(C1)Nc1ccccc1N[C@H]2c1cc(C(C)(C)C)c(O)c(C(C)(C)C)c1. The monoisotopic (exact) mass is 446 g/mol. The fourth-order valence-corrected chi connectivity index (χ4v) is 5.11. The minimum atomic E-state index is -0.289. The Kier molecular flexibility index (Phi) is 5.42. The van der Waals surface area contributed by atoms with Crippen LogP contribution in [0, 0.1) is 5.41 Å². The molecule has 4 nitrogen and oxygen atoms in total. The number of Topliss-reactive ketones (excluding diaryl/α,β-unsaturated/α-hetero) is 1. The summed E-state index contributed by atoms with van der Waals surface area (Å²) in [5.74, 6) is 0.540. The molecule has 33 heavy (non-hydrogen) atoms. The van der Waals surface area contributed by atoms with Gasteiger partial charge in [0.2, 0.25) is 0 Å². The molecule has 0 bridgehead atoms. The molecule has 1 aliphatic carbocycles. The highest BCUT2D eigenvalue weighted by Gasteiger charge is 2.39. The van der Waals surface area contributed by atoms with Crippen molar-refractivity contribution in [2.24, 2.45) is 5.41 Å². The smallest absolute Gasteiger partial charge is 0.163 e. The third-order valence-electron chi connectivity index (χ3n) is 6.80. The second-order valence-electron chi connectivity index (χ2n) is 12.5. The van der Waals surface area contributed by atoms with Gasteiger partial charge in [-0.2, -0.15) is 0 Å². The van der Waals surface area contributed by atoms with Crippen LogP contribution in [0.4, 0.5) is 11.4 Å². The summed E-state index contributed by atoms with van der Waals surface area (Å²) in [4.78, 5) is 13.6. The number of aromatic hydroxyl groups is 1. The van der Waals surface area contributed by atoms with Crippen molar-refractivity contribution in [3.05, 3.63) is 64.4 Å². The highest BCUT2D eigenvalue weighted by atomic mass is 16.3. The lowest BCUT2D eigenvalue weighted by Gasteiger charge is -2.35. The predicted molar refractivity (Wildman–Crippen MR) is 137 cm³/mol. The van der Waals surface area contributed by atoms with E-state index in [0.29, 0.717) is 12.2 Å². The zero-order valence-electron chi connectivity index (χ0n) is 21.3. The Balaban J connectivity index is 1.99. The number of fused-ring (bicyclic) bond motifs is 1. The summed E-state index contributed by atoms with van der Waals surface area (Å²) in [7, 11) is 0. The number of hydrogen-bond donors (Lipinski definition) is 3. The van der Waals surface area contributed by atoms with Crippen LogP contribution in [-0.4, -0.2) is 10.9 Å². The molecule has 2 aromatic carbocycles. The maximum absolute atomic E-state index is 13.6. The van der Waals surface area contributed by atoms with Gasteiger partial charge >= 0.3 is 0 Å². The highest BCUT2D eigenvalue weighted by Crippen LogP contribution is 2.48. The van der Waals surface area contributed by atoms with Crippen LogP contribution in [0.2, 0.25) is 0 Å². The molecule has 1 atom stereocenters. The number of hydrogen-bond acceptors (Lipinski definition) is 4. The van der Waals surface area contributed by atoms with Gasteiger partial charge in [-0.3, -0.25) is 4.79 Å². The first-order valence-corrected chi connectivity index (χ1v) is 11.9. The molecule has 2 aromatic rings. The molecule has 1 aliphatic heterocycles. The van der Waals surface area contributed by atoms with Gasteiger partial charge in [0, 0.05) is 17.7 Å². The predicted octanol–water partition coefficient (Wildman–Crippen LogP) is 7.21. The summed E-state index contributed by atoms with van der Waals surface area (Å²) < 4.78 is 0. The Hall–Kier alpha value is -2.75. The molecule has 1 heterocycles. The number of benzene rings is 2. The van der Waals surface area contributed by atoms with Crippen molar-refractivity contribution in [3.8, 4) is 5.75 Å². The van der Waals surface area contributed by atoms with Crippen LogP contribution < -0.4 is 10.6 Å². The lowest BCUT2D eigenvalue weighted by molar-refractivity contribution is -0.118. The van der Waals surface area contributed by atoms with Crippen LogP contribution >= 0.6 is 0 Å². The number of carbonyl (C=O) groups excluding carboxylic acids is 1. The molecule has 0 unspecified atom stereocenters. The lowest BCUT2D eigenvalue weighted by atomic mass is 9.72. The van der Waals surface area contributed by atoms with Crippen LogP contribution in [0.15, 0.2) is 47.7 Å². The van der Waals surface area contributed by atoms with Gasteiger partial charge in [-0.05, 0) is 63.6 Å². The second-order valence-corrected chi connectivity index (χ2v) is 12.5. The number of carbonyl (C=O) groups is 1. The molecule has 4 heteroatoms. The number of phenolic OH excluding ortho intramolecular Hbond substituents is 1. The lowest BCUT2D eigenvalue weighted by Crippen LogP contribution is -2.31. The molecule has 2 aliphatic rings. The fourth-order valence-electron chi connectivity index (χ4n) is 5.11. The Labute approximate surface area is 198 Å². The number of ketones is 1. The van der Waals surface area contributed by atoms with Gasteiger partial charge in [-0.25, -0.2) is 0 Å². The molecule has 0 spiro atoms. The molecular weight excluding hydrogens is 408 g/mol. The quantitative estimate of drug-likeness (QED) is 0.433. The maximum atomic E-state index is 13.6. The Bertz CT molecular complexity index is 1110. The molecule has 0 saturated carbocycles. The average Bonchev–Trinajstić information content (AvgIpc) is 2.81. The summed E-state index contributed by atoms with van der Waals surface area (Å²) in [6.45, 7) is 17.0. The van der Waals surface area contributed by atoms with Crippen molar-refractivity contribution < 1.29 is 9.90 Å². The summed E-state index contributed by atoms with van der Waals surface area (Å²) in [5.41, 5.74) is 6.04. The number of allylic oxidation sites excluding steroid dienone is 1. The Morgan fingerprint density at radius 2 is 1.45 bits per heavy atom. The molecule has 0 aromatic heterocycles. The van der Waals surface area contributed by atoms with Crippen molar-refractivity contribution in [1.29, 1.82) is 0 Å². The van der Waals surface area contributed by atoms with E-state index < -0.39 is 0 Å². The third-order valence-corrected chi connectivity index (χ3v) is 6.80. The summed E-state index contributed by atoms with van der Waals surface area (Å²) >= 11 is 0. The van der Waals surface area contributed by atoms with Crippen molar-refractivity contribution in [2.75, 3.05) is 10.6 Å². The summed E-state index contributed by atoms with van der Waals surface area (Å²) in [6.07, 6.45) is 1.34. The molecule has 0 radical (unpaired) electrons. The number of para-hydroxylation sites is 2. The van der Waals surface area contributed by atoms with Gasteiger partial charge < -0.3 is 15.7 Å². The zero-order valence-corrected chi connectivity index (χ0v) is 21.3. The van der Waals surface area contributed by atoms with Crippen LogP contribution in [-0.2, 0) is 15.6 Å². The average molecular weight is 447 g/mol. The minimum absolute atomic E-state index is 0.0884. The van der Waals surface area contributed by atoms with Gasteiger partial charge in [-0.15, -0.1) is 0 Å². The molecule has 0 fully saturated rings. The van der Waals surface area contributed by atoms with E-state index in [1.54, 1.807) is 0 Å². The van der Waals surface area contributed by atoms with Crippen LogP contribution in [0.25, 0.3) is 0 Å². The number of rotatable bonds is 1. The van der Waals surface area contributed by atoms with Crippen LogP contribution in [0.3, 0.4) is 0 Å². The largest absolute Gasteiger partial charge is 0.507 e. The molecule has 176 valence electrons. The number of nitrogens with one attached hydrogen (secondary N) is 2. The van der Waals surface area contributed by atoms with E-state index in [1.165, 1.54) is 0 Å². The number of phenols is 1. The maximum Gasteiger partial charge on any atom is 0.163 e. The third kappa shape index (κ3) is 4.40. The standard InChI is InChI=1S/C29H38N2O2/c1-27(2,3)18-13-17(14-19(26(18)33)28(4,5)6)25-24-22(15-29(7,8)16-23(24)32)30-20-11-9-10-12-21(20)31-25/h9-14,25,30-31,33H,15-16H2,1-8H3/t25-/m0/s1. The van der Waals surface area contributed by atoms with Crippen molar-refractivity contribution in [3.63, 3.8) is 0 Å². The van der Waals surface area contributed by atoms with E-state index in [9.17, 15) is 9.90 Å². The number of anilines is 2. The molecule has 0 amide bonds. The van der Waals surface area contributed by atoms with Gasteiger partial charge in [0.05, 0.1) is 17.4 Å². The van der Waals surface area contributed by atoms with Gasteiger partial charge in [0.1, 0.15) is 5.75 Å². The first-order chi connectivity index (χ1) is 15.2. The van der Waals surface area contributed by atoms with Gasteiger partial charge in [-0.1, -0.05) is 67.5 Å². The van der Waals surface area contributed by atoms with E-state index in [-0.39, 0.29) is 28.1 Å². The zero-order chi connectivity index (χ0) is 24.3. The molecular formula is C29H38N2O2. The normalized spacial score (nSPS) is 20.4. The van der Waals surface area contributed by atoms with E-state index in [0.717, 1.165) is 45.8 Å². The van der Waals surface area contributed by atoms with E-state index in [4.69, 9.17) is 0 Å². The topological polar surface area (TPSA) is 61.4 Å². The van der Waals surface area contributed by atoms with Crippen molar-refractivity contribution in [1.82, 2.24) is 0 Å². The highest BCUT2D eigenvalue weighted by molar-refractivity contribution is 6.01. The van der Waals surface area contributed by atoms with E-state index in [1.807, 2.05) is 12.1 Å². The van der Waals surface area contributed by atoms with Crippen molar-refractivity contribution >= 4 is 17.2 Å². The van der Waals surface area contributed by atoms with E-state index >= 15 is 0 Å². The van der Waals surface area contributed by atoms with Gasteiger partial charge in [0.15, 0.2) is 5.78 Å². The van der Waals surface area contributed by atoms with Crippen molar-refractivity contribution in [2.45, 2.75) is 85.1 Å². The van der Waals surface area contributed by atoms with E-state index in [2.05, 4.69) is 90.3 Å². The first-order valence-electron chi connectivity index (χ1n) is 11.9. The fraction of sp³-hybridized carbons (Fsp3) is 0.483. The molecule has 3 N–H and O–H groups in total. The Morgan fingerprint density at radius 1 is 0.909 bits per heavy atom. The van der Waals surface area contributed by atoms with Crippen LogP contribution in [0.1, 0.15) is 91.0 Å². The molecule has 0 saturated heterocycles. The van der Waals surface area contributed by atoms with Crippen LogP contribution in [0.5, 0.6) is 5.75 Å². The molecule has 4 rings (SSSR count).